The van der Waals surface area contributed by atoms with Crippen LogP contribution in [0.4, 0.5) is 0 Å². The second kappa shape index (κ2) is 9.62. The van der Waals surface area contributed by atoms with Gasteiger partial charge in [-0.05, 0) is 25.5 Å². The molecular weight excluding hydrogens is 366 g/mol. The second-order valence-corrected chi connectivity index (χ2v) is 8.33. The molecule has 0 atom stereocenters. The average molecular weight is 387 g/mol. The first-order chi connectivity index (χ1) is 11.6. The van der Waals surface area contributed by atoms with Crippen LogP contribution in [0, 0.1) is 6.92 Å². The van der Waals surface area contributed by atoms with Crippen LogP contribution in [0.2, 0.25) is 0 Å². The molecule has 1 heterocycles. The van der Waals surface area contributed by atoms with Crippen LogP contribution in [0.5, 0.6) is 0 Å². The molecule has 9 heteroatoms. The van der Waals surface area contributed by atoms with Crippen molar-refractivity contribution in [2.24, 2.45) is 0 Å². The lowest BCUT2D eigenvalue weighted by Crippen LogP contribution is -2.32. The molecule has 0 radical (unpaired) electrons. The maximum atomic E-state index is 10.4. The Labute approximate surface area is 148 Å². The highest BCUT2D eigenvalue weighted by Gasteiger charge is 2.05. The number of aryl methyl sites for hydroxylation is 2. The Bertz CT molecular complexity index is 847. The molecule has 0 unspecified atom stereocenters. The molecule has 0 amide bonds. The average Bonchev–Trinajstić information content (AvgIpc) is 2.52. The van der Waals surface area contributed by atoms with Gasteiger partial charge >= 0.3 is 0 Å². The molecular formula is C16H21NO6S2. The minimum absolute atomic E-state index is 0.152. The molecule has 2 rings (SSSR count). The summed E-state index contributed by atoms with van der Waals surface area (Å²) in [6.07, 6.45) is 5.08. The largest absolute Gasteiger partial charge is 0.744 e. The first kappa shape index (κ1) is 21.2. The molecule has 7 nitrogen and oxygen atoms in total. The van der Waals surface area contributed by atoms with E-state index in [2.05, 4.69) is 0 Å². The predicted octanol–water partition coefficient (Wildman–Crippen LogP) is 1.54. The minimum atomic E-state index is -4.27. The molecule has 2 aromatic rings. The first-order valence-electron chi connectivity index (χ1n) is 7.50. The van der Waals surface area contributed by atoms with Crippen molar-refractivity contribution in [3.63, 3.8) is 0 Å². The number of pyridine rings is 1. The standard InChI is InChI=1S/C9H13NO3S.C7H8O3S/c11-14(12,13)9-5-4-8-10-6-2-1-3-7-10;1-6-2-4-7(5-3-6)11(8,9)10/h1-3,6-7H,4-5,8-9H2;2-5H,1H3,(H,8,9,10). The van der Waals surface area contributed by atoms with Crippen molar-refractivity contribution in [2.45, 2.75) is 31.2 Å². The van der Waals surface area contributed by atoms with Gasteiger partial charge in [0, 0.05) is 18.6 Å². The maximum absolute atomic E-state index is 10.4. The van der Waals surface area contributed by atoms with E-state index in [1.807, 2.05) is 42.1 Å². The lowest BCUT2D eigenvalue weighted by atomic mass is 10.2. The summed E-state index contributed by atoms with van der Waals surface area (Å²) in [7, 11) is -8.06. The van der Waals surface area contributed by atoms with Crippen molar-refractivity contribution in [3.8, 4) is 0 Å². The Morgan fingerprint density at radius 1 is 0.960 bits per heavy atom. The van der Waals surface area contributed by atoms with Gasteiger partial charge in [0.25, 0.3) is 10.1 Å². The molecule has 1 N–H and O–H groups in total. The van der Waals surface area contributed by atoms with Gasteiger partial charge in [0.05, 0.1) is 10.6 Å². The fraction of sp³-hybridized carbons (Fsp3) is 0.312. The fourth-order valence-corrected chi connectivity index (χ4v) is 2.91. The monoisotopic (exact) mass is 387 g/mol. The van der Waals surface area contributed by atoms with Crippen LogP contribution in [0.15, 0.2) is 59.8 Å². The highest BCUT2D eigenvalue weighted by molar-refractivity contribution is 7.86. The smallest absolute Gasteiger partial charge is 0.264 e. The highest BCUT2D eigenvalue weighted by Crippen LogP contribution is 2.08. The van der Waals surface area contributed by atoms with E-state index in [0.29, 0.717) is 6.42 Å². The van der Waals surface area contributed by atoms with Crippen molar-refractivity contribution >= 4 is 20.2 Å². The summed E-state index contributed by atoms with van der Waals surface area (Å²) in [4.78, 5) is -0.178. The first-order valence-corrected chi connectivity index (χ1v) is 10.5. The summed E-state index contributed by atoms with van der Waals surface area (Å²) in [5.41, 5.74) is 0.928. The Hall–Kier alpha value is -1.81. The summed E-state index contributed by atoms with van der Waals surface area (Å²) < 4.78 is 62.4. The number of nitrogens with zero attached hydrogens (tertiary/aromatic N) is 1. The Morgan fingerprint density at radius 2 is 1.52 bits per heavy atom. The Kier molecular flexibility index (Phi) is 8.17. The molecule has 0 aliphatic heterocycles. The van der Waals surface area contributed by atoms with Gasteiger partial charge in [-0.15, -0.1) is 0 Å². The summed E-state index contributed by atoms with van der Waals surface area (Å²) >= 11 is 0. The van der Waals surface area contributed by atoms with Crippen molar-refractivity contribution < 1.29 is 30.5 Å². The van der Waals surface area contributed by atoms with Crippen LogP contribution in [-0.4, -0.2) is 31.7 Å². The third-order valence-corrected chi connectivity index (χ3v) is 4.81. The summed E-state index contributed by atoms with van der Waals surface area (Å²) in [5, 5.41) is 0. The number of hydrogen-bond acceptors (Lipinski definition) is 5. The van der Waals surface area contributed by atoms with Crippen LogP contribution in [0.25, 0.3) is 0 Å². The van der Waals surface area contributed by atoms with Crippen LogP contribution >= 0.6 is 0 Å². The topological polar surface area (TPSA) is 115 Å². The zero-order chi connectivity index (χ0) is 18.9. The summed E-state index contributed by atoms with van der Waals surface area (Å²) in [6, 6.07) is 11.5. The zero-order valence-electron chi connectivity index (χ0n) is 13.8. The van der Waals surface area contributed by atoms with E-state index >= 15 is 0 Å². The number of rotatable bonds is 6. The van der Waals surface area contributed by atoms with Crippen molar-refractivity contribution in [1.82, 2.24) is 0 Å². The van der Waals surface area contributed by atoms with Gasteiger partial charge in [0.2, 0.25) is 0 Å². The molecule has 0 aliphatic rings. The predicted molar refractivity (Wildman–Crippen MR) is 91.4 cm³/mol. The Balaban J connectivity index is 0.000000257. The third kappa shape index (κ3) is 9.92. The lowest BCUT2D eigenvalue weighted by molar-refractivity contribution is -0.697. The SMILES string of the molecule is Cc1ccc(S(=O)(=O)[O-])cc1.O=S(=O)(O)CCCC[n+]1ccccc1. The van der Waals surface area contributed by atoms with Crippen molar-refractivity contribution in [1.29, 1.82) is 0 Å². The van der Waals surface area contributed by atoms with Gasteiger partial charge in [-0.2, -0.15) is 8.42 Å². The van der Waals surface area contributed by atoms with Gasteiger partial charge in [0.1, 0.15) is 16.7 Å². The van der Waals surface area contributed by atoms with E-state index in [-0.39, 0.29) is 10.6 Å². The normalized spacial score (nSPS) is 11.5. The van der Waals surface area contributed by atoms with E-state index in [0.717, 1.165) is 18.5 Å². The highest BCUT2D eigenvalue weighted by atomic mass is 32.2. The number of aromatic nitrogens is 1. The fourth-order valence-electron chi connectivity index (χ4n) is 1.87. The van der Waals surface area contributed by atoms with E-state index < -0.39 is 20.2 Å². The minimum Gasteiger partial charge on any atom is -0.744 e. The molecule has 0 saturated carbocycles. The molecule has 1 aromatic carbocycles. The van der Waals surface area contributed by atoms with E-state index in [1.54, 1.807) is 12.1 Å². The number of unbranched alkanes of at least 4 members (excludes halogenated alkanes) is 1. The molecule has 138 valence electrons. The maximum Gasteiger partial charge on any atom is 0.264 e. The molecule has 0 saturated heterocycles. The molecule has 25 heavy (non-hydrogen) atoms. The molecule has 0 aliphatic carbocycles. The lowest BCUT2D eigenvalue weighted by Gasteiger charge is -2.05. The molecule has 0 bridgehead atoms. The number of hydrogen-bond donors (Lipinski definition) is 1. The molecule has 0 fully saturated rings. The molecule has 0 spiro atoms. The quantitative estimate of drug-likeness (QED) is 0.457. The third-order valence-electron chi connectivity index (χ3n) is 3.16. The zero-order valence-corrected chi connectivity index (χ0v) is 15.4. The van der Waals surface area contributed by atoms with Gasteiger partial charge in [-0.3, -0.25) is 4.55 Å². The summed E-state index contributed by atoms with van der Waals surface area (Å²) in [5.74, 6) is -0.152. The van der Waals surface area contributed by atoms with E-state index in [9.17, 15) is 21.4 Å². The number of benzene rings is 1. The molecule has 1 aromatic heterocycles. The van der Waals surface area contributed by atoms with E-state index in [1.165, 1.54) is 12.1 Å². The van der Waals surface area contributed by atoms with Crippen molar-refractivity contribution in [3.05, 3.63) is 60.4 Å². The van der Waals surface area contributed by atoms with Crippen molar-refractivity contribution in [2.75, 3.05) is 5.75 Å². The van der Waals surface area contributed by atoms with Crippen LogP contribution in [0.3, 0.4) is 0 Å². The second-order valence-electron chi connectivity index (χ2n) is 5.37. The van der Waals surface area contributed by atoms with Crippen LogP contribution in [-0.2, 0) is 26.8 Å². The van der Waals surface area contributed by atoms with Crippen LogP contribution < -0.4 is 4.57 Å². The van der Waals surface area contributed by atoms with Gasteiger partial charge in [-0.25, -0.2) is 13.0 Å². The van der Waals surface area contributed by atoms with Crippen LogP contribution in [0.1, 0.15) is 18.4 Å². The van der Waals surface area contributed by atoms with Gasteiger partial charge < -0.3 is 4.55 Å². The van der Waals surface area contributed by atoms with E-state index in [4.69, 9.17) is 4.55 Å². The van der Waals surface area contributed by atoms with Gasteiger partial charge in [0.15, 0.2) is 12.4 Å². The summed E-state index contributed by atoms with van der Waals surface area (Å²) in [6.45, 7) is 2.59. The van der Waals surface area contributed by atoms with Gasteiger partial charge in [-0.1, -0.05) is 23.8 Å². The Morgan fingerprint density at radius 3 is 2.00 bits per heavy atom.